The van der Waals surface area contributed by atoms with Crippen LogP contribution in [-0.4, -0.2) is 14.3 Å². The van der Waals surface area contributed by atoms with Gasteiger partial charge in [-0.1, -0.05) is 15.9 Å². The highest BCUT2D eigenvalue weighted by Crippen LogP contribution is 2.24. The van der Waals surface area contributed by atoms with Crippen LogP contribution in [0.3, 0.4) is 0 Å². The summed E-state index contributed by atoms with van der Waals surface area (Å²) in [5.74, 6) is -0.937. The molecule has 0 aliphatic heterocycles. The van der Waals surface area contributed by atoms with E-state index in [0.717, 1.165) is 0 Å². The molecule has 0 saturated carbocycles. The SMILES string of the molecule is CC(=O)Nc1ccc(S(=O)(=O)Nc2ccc(Br)cc2F)cc1C. The minimum Gasteiger partial charge on any atom is -0.326 e. The monoisotopic (exact) mass is 400 g/mol. The van der Waals surface area contributed by atoms with Crippen molar-refractivity contribution in [1.29, 1.82) is 0 Å². The molecule has 0 radical (unpaired) electrons. The lowest BCUT2D eigenvalue weighted by Gasteiger charge is -2.12. The molecule has 122 valence electrons. The molecule has 0 unspecified atom stereocenters. The van der Waals surface area contributed by atoms with Crippen molar-refractivity contribution < 1.29 is 17.6 Å². The summed E-state index contributed by atoms with van der Waals surface area (Å²) in [5, 5.41) is 2.60. The van der Waals surface area contributed by atoms with Crippen molar-refractivity contribution in [3.8, 4) is 0 Å². The Kier molecular flexibility index (Phi) is 5.06. The Hall–Kier alpha value is -1.93. The first-order valence-electron chi connectivity index (χ1n) is 6.55. The molecule has 1 amide bonds. The molecule has 2 aromatic rings. The third-order valence-corrected chi connectivity index (χ3v) is 4.85. The minimum absolute atomic E-state index is 0.0218. The van der Waals surface area contributed by atoms with Gasteiger partial charge in [0.05, 0.1) is 10.6 Å². The molecule has 0 heterocycles. The summed E-state index contributed by atoms with van der Waals surface area (Å²) in [6.45, 7) is 3.03. The fourth-order valence-corrected chi connectivity index (χ4v) is 3.39. The number of nitrogens with one attached hydrogen (secondary N) is 2. The van der Waals surface area contributed by atoms with Crippen LogP contribution in [0.5, 0.6) is 0 Å². The van der Waals surface area contributed by atoms with Crippen LogP contribution in [0.4, 0.5) is 15.8 Å². The van der Waals surface area contributed by atoms with Crippen LogP contribution in [0.25, 0.3) is 0 Å². The zero-order valence-corrected chi connectivity index (χ0v) is 14.8. The van der Waals surface area contributed by atoms with E-state index in [0.29, 0.717) is 15.7 Å². The molecule has 0 aliphatic rings. The van der Waals surface area contributed by atoms with Crippen molar-refractivity contribution in [1.82, 2.24) is 0 Å². The zero-order chi connectivity index (χ0) is 17.2. The Labute approximate surface area is 142 Å². The van der Waals surface area contributed by atoms with Crippen molar-refractivity contribution in [2.24, 2.45) is 0 Å². The highest BCUT2D eigenvalue weighted by molar-refractivity contribution is 9.10. The predicted molar refractivity (Wildman–Crippen MR) is 90.4 cm³/mol. The van der Waals surface area contributed by atoms with E-state index in [1.807, 2.05) is 0 Å². The van der Waals surface area contributed by atoms with Crippen LogP contribution >= 0.6 is 15.9 Å². The van der Waals surface area contributed by atoms with E-state index in [-0.39, 0.29) is 16.5 Å². The molecule has 2 rings (SSSR count). The van der Waals surface area contributed by atoms with Crippen LogP contribution in [-0.2, 0) is 14.8 Å². The number of amides is 1. The average molecular weight is 401 g/mol. The van der Waals surface area contributed by atoms with Crippen LogP contribution < -0.4 is 10.0 Å². The van der Waals surface area contributed by atoms with Crippen molar-refractivity contribution in [3.63, 3.8) is 0 Å². The number of anilines is 2. The molecule has 8 heteroatoms. The summed E-state index contributed by atoms with van der Waals surface area (Å²) < 4.78 is 41.2. The van der Waals surface area contributed by atoms with Gasteiger partial charge in [-0.2, -0.15) is 0 Å². The number of carbonyl (C=O) groups excluding carboxylic acids is 1. The van der Waals surface area contributed by atoms with Crippen LogP contribution in [0.2, 0.25) is 0 Å². The molecule has 2 N–H and O–H groups in total. The van der Waals surface area contributed by atoms with Gasteiger partial charge in [0.25, 0.3) is 10.0 Å². The Morgan fingerprint density at radius 1 is 1.13 bits per heavy atom. The Morgan fingerprint density at radius 2 is 1.78 bits per heavy atom. The molecule has 23 heavy (non-hydrogen) atoms. The summed E-state index contributed by atoms with van der Waals surface area (Å²) in [5.41, 5.74) is 0.961. The maximum atomic E-state index is 13.8. The highest BCUT2D eigenvalue weighted by Gasteiger charge is 2.17. The molecule has 0 spiro atoms. The Balaban J connectivity index is 2.32. The standard InChI is InChI=1S/C15H14BrFN2O3S/c1-9-7-12(4-6-14(9)18-10(2)20)23(21,22)19-15-5-3-11(16)8-13(15)17/h3-8,19H,1-2H3,(H,18,20). The number of carbonyl (C=O) groups is 1. The first kappa shape index (κ1) is 17.4. The average Bonchev–Trinajstić information content (AvgIpc) is 2.43. The highest BCUT2D eigenvalue weighted by atomic mass is 79.9. The van der Waals surface area contributed by atoms with E-state index in [4.69, 9.17) is 0 Å². The minimum atomic E-state index is -3.93. The van der Waals surface area contributed by atoms with E-state index in [2.05, 4.69) is 26.0 Å². The van der Waals surface area contributed by atoms with Gasteiger partial charge in [0.1, 0.15) is 5.82 Å². The molecule has 0 fully saturated rings. The van der Waals surface area contributed by atoms with Gasteiger partial charge in [-0.3, -0.25) is 9.52 Å². The molecule has 5 nitrogen and oxygen atoms in total. The second-order valence-electron chi connectivity index (χ2n) is 4.89. The topological polar surface area (TPSA) is 75.3 Å². The largest absolute Gasteiger partial charge is 0.326 e. The van der Waals surface area contributed by atoms with E-state index in [9.17, 15) is 17.6 Å². The first-order chi connectivity index (χ1) is 10.7. The zero-order valence-electron chi connectivity index (χ0n) is 12.4. The molecular formula is C15H14BrFN2O3S. The quantitative estimate of drug-likeness (QED) is 0.821. The molecule has 0 aliphatic carbocycles. The molecule has 0 aromatic heterocycles. The van der Waals surface area contributed by atoms with Gasteiger partial charge in [0.15, 0.2) is 0 Å². The van der Waals surface area contributed by atoms with Gasteiger partial charge in [-0.15, -0.1) is 0 Å². The molecule has 0 saturated heterocycles. The van der Waals surface area contributed by atoms with Gasteiger partial charge < -0.3 is 5.32 Å². The summed E-state index contributed by atoms with van der Waals surface area (Å²) in [7, 11) is -3.93. The number of benzene rings is 2. The third-order valence-electron chi connectivity index (χ3n) is 2.99. The van der Waals surface area contributed by atoms with Crippen LogP contribution in [0.1, 0.15) is 12.5 Å². The van der Waals surface area contributed by atoms with Gasteiger partial charge in [-0.25, -0.2) is 12.8 Å². The van der Waals surface area contributed by atoms with E-state index >= 15 is 0 Å². The number of halogens is 2. The first-order valence-corrected chi connectivity index (χ1v) is 8.83. The van der Waals surface area contributed by atoms with Crippen molar-refractivity contribution >= 4 is 43.2 Å². The number of sulfonamides is 1. The van der Waals surface area contributed by atoms with Gasteiger partial charge in [-0.05, 0) is 48.9 Å². The smallest absolute Gasteiger partial charge is 0.261 e. The maximum Gasteiger partial charge on any atom is 0.261 e. The summed E-state index contributed by atoms with van der Waals surface area (Å²) in [6, 6.07) is 8.27. The number of aryl methyl sites for hydroxylation is 1. The lowest BCUT2D eigenvalue weighted by atomic mass is 10.2. The van der Waals surface area contributed by atoms with Crippen LogP contribution in [0, 0.1) is 12.7 Å². The summed E-state index contributed by atoms with van der Waals surface area (Å²) in [6.07, 6.45) is 0. The second kappa shape index (κ2) is 6.67. The fourth-order valence-electron chi connectivity index (χ4n) is 1.91. The Morgan fingerprint density at radius 3 is 2.35 bits per heavy atom. The van der Waals surface area contributed by atoms with Gasteiger partial charge in [0.2, 0.25) is 5.91 Å². The molecule has 2 aromatic carbocycles. The molecule has 0 bridgehead atoms. The molecule has 0 atom stereocenters. The van der Waals surface area contributed by atoms with E-state index in [1.165, 1.54) is 43.3 Å². The number of hydrogen-bond acceptors (Lipinski definition) is 3. The second-order valence-corrected chi connectivity index (χ2v) is 7.49. The van der Waals surface area contributed by atoms with Crippen LogP contribution in [0.15, 0.2) is 45.8 Å². The lowest BCUT2D eigenvalue weighted by molar-refractivity contribution is -0.114. The van der Waals surface area contributed by atoms with Crippen molar-refractivity contribution in [3.05, 3.63) is 52.3 Å². The predicted octanol–water partition coefficient (Wildman–Crippen LogP) is 3.66. The Bertz CT molecular complexity index is 869. The van der Waals surface area contributed by atoms with Gasteiger partial charge >= 0.3 is 0 Å². The van der Waals surface area contributed by atoms with Crippen molar-refractivity contribution in [2.45, 2.75) is 18.7 Å². The number of rotatable bonds is 4. The summed E-state index contributed by atoms with van der Waals surface area (Å²) in [4.78, 5) is 11.0. The molecular weight excluding hydrogens is 387 g/mol. The van der Waals surface area contributed by atoms with E-state index < -0.39 is 15.8 Å². The van der Waals surface area contributed by atoms with E-state index in [1.54, 1.807) is 6.92 Å². The fraction of sp³-hybridized carbons (Fsp3) is 0.133. The van der Waals surface area contributed by atoms with Gasteiger partial charge in [0, 0.05) is 17.1 Å². The number of hydrogen-bond donors (Lipinski definition) is 2. The lowest BCUT2D eigenvalue weighted by Crippen LogP contribution is -2.15. The maximum absolute atomic E-state index is 13.8. The third kappa shape index (κ3) is 4.29. The van der Waals surface area contributed by atoms with Crippen molar-refractivity contribution in [2.75, 3.05) is 10.0 Å². The normalized spacial score (nSPS) is 11.1. The summed E-state index contributed by atoms with van der Waals surface area (Å²) >= 11 is 3.11.